The average molecular weight is 294 g/mol. The maximum Gasteiger partial charge on any atom is 0.273 e. The summed E-state index contributed by atoms with van der Waals surface area (Å²) in [5.41, 5.74) is 0.0590. The fourth-order valence-corrected chi connectivity index (χ4v) is 3.02. The third-order valence-corrected chi connectivity index (χ3v) is 3.90. The number of halogens is 1. The van der Waals surface area contributed by atoms with E-state index in [1.165, 1.54) is 6.92 Å². The summed E-state index contributed by atoms with van der Waals surface area (Å²) in [6, 6.07) is -0.0506. The summed E-state index contributed by atoms with van der Waals surface area (Å²) in [5.74, 6) is -0.542. The van der Waals surface area contributed by atoms with Crippen LogP contribution in [0.15, 0.2) is 4.90 Å². The van der Waals surface area contributed by atoms with Crippen LogP contribution in [0.2, 0.25) is 0 Å². The zero-order valence-electron chi connectivity index (χ0n) is 10.4. The Morgan fingerprint density at radius 3 is 2.67 bits per heavy atom. The second-order valence-electron chi connectivity index (χ2n) is 4.13. The second-order valence-corrected chi connectivity index (χ2v) is 6.63. The van der Waals surface area contributed by atoms with Gasteiger partial charge < -0.3 is 5.32 Å². The van der Waals surface area contributed by atoms with Crippen LogP contribution in [0.3, 0.4) is 0 Å². The van der Waals surface area contributed by atoms with E-state index in [-0.39, 0.29) is 22.3 Å². The van der Waals surface area contributed by atoms with Gasteiger partial charge in [-0.3, -0.25) is 9.89 Å². The molecule has 6 nitrogen and oxygen atoms in total. The van der Waals surface area contributed by atoms with E-state index in [2.05, 4.69) is 15.5 Å². The number of H-pyrrole nitrogens is 1. The molecule has 1 atom stereocenters. The van der Waals surface area contributed by atoms with Crippen molar-refractivity contribution >= 4 is 25.6 Å². The van der Waals surface area contributed by atoms with E-state index >= 15 is 0 Å². The molecule has 0 aliphatic rings. The van der Waals surface area contributed by atoms with E-state index in [0.29, 0.717) is 0 Å². The van der Waals surface area contributed by atoms with Crippen molar-refractivity contribution in [3.05, 3.63) is 11.4 Å². The van der Waals surface area contributed by atoms with E-state index in [0.717, 1.165) is 12.8 Å². The lowest BCUT2D eigenvalue weighted by atomic mass is 10.2. The Bertz CT molecular complexity index is 539. The van der Waals surface area contributed by atoms with Crippen molar-refractivity contribution in [2.45, 2.75) is 44.6 Å². The lowest BCUT2D eigenvalue weighted by molar-refractivity contribution is 0.0930. The second kappa shape index (κ2) is 5.71. The molecule has 1 rings (SSSR count). The summed E-state index contributed by atoms with van der Waals surface area (Å²) < 4.78 is 22.8. The van der Waals surface area contributed by atoms with Gasteiger partial charge in [0.2, 0.25) is 0 Å². The van der Waals surface area contributed by atoms with Crippen LogP contribution in [-0.2, 0) is 9.05 Å². The molecule has 1 unspecified atom stereocenters. The summed E-state index contributed by atoms with van der Waals surface area (Å²) in [5, 5.41) is 8.83. The van der Waals surface area contributed by atoms with Crippen molar-refractivity contribution in [2.24, 2.45) is 0 Å². The van der Waals surface area contributed by atoms with Gasteiger partial charge >= 0.3 is 0 Å². The predicted molar refractivity (Wildman–Crippen MR) is 68.2 cm³/mol. The van der Waals surface area contributed by atoms with E-state index in [9.17, 15) is 13.2 Å². The lowest BCUT2D eigenvalue weighted by Gasteiger charge is -2.11. The number of carbonyl (C=O) groups is 1. The molecule has 1 heterocycles. The molecule has 18 heavy (non-hydrogen) atoms. The quantitative estimate of drug-likeness (QED) is 0.806. The fraction of sp³-hybridized carbons (Fsp3) is 0.600. The number of aromatic nitrogens is 2. The Balaban J connectivity index is 3.01. The van der Waals surface area contributed by atoms with Gasteiger partial charge in [0.1, 0.15) is 4.90 Å². The number of aromatic amines is 1. The first kappa shape index (κ1) is 15.0. The molecule has 0 radical (unpaired) electrons. The highest BCUT2D eigenvalue weighted by Crippen LogP contribution is 2.21. The van der Waals surface area contributed by atoms with Gasteiger partial charge in [-0.1, -0.05) is 13.3 Å². The van der Waals surface area contributed by atoms with Crippen LogP contribution in [0.5, 0.6) is 0 Å². The van der Waals surface area contributed by atoms with Crippen LogP contribution in [0, 0.1) is 6.92 Å². The average Bonchev–Trinajstić information content (AvgIpc) is 2.59. The Labute approximate surface area is 111 Å². The smallest absolute Gasteiger partial charge is 0.273 e. The van der Waals surface area contributed by atoms with E-state index < -0.39 is 15.0 Å². The SMILES string of the molecule is CCCC(C)NC(=O)c1n[nH]c(C)c1S(=O)(=O)Cl. The molecule has 0 saturated heterocycles. The van der Waals surface area contributed by atoms with Gasteiger partial charge in [0.25, 0.3) is 15.0 Å². The predicted octanol–water partition coefficient (Wildman–Crippen LogP) is 1.56. The molecule has 0 bridgehead atoms. The van der Waals surface area contributed by atoms with Crippen molar-refractivity contribution in [2.75, 3.05) is 0 Å². The van der Waals surface area contributed by atoms with Crippen molar-refractivity contribution in [1.29, 1.82) is 0 Å². The summed E-state index contributed by atoms with van der Waals surface area (Å²) in [6.45, 7) is 5.33. The van der Waals surface area contributed by atoms with E-state index in [1.807, 2.05) is 13.8 Å². The molecule has 1 amide bonds. The number of nitrogens with zero attached hydrogens (tertiary/aromatic N) is 1. The number of rotatable bonds is 5. The van der Waals surface area contributed by atoms with Crippen LogP contribution in [0.25, 0.3) is 0 Å². The molecular weight excluding hydrogens is 278 g/mol. The van der Waals surface area contributed by atoms with E-state index in [1.54, 1.807) is 0 Å². The van der Waals surface area contributed by atoms with Crippen LogP contribution in [0.1, 0.15) is 42.9 Å². The Hall–Kier alpha value is -1.08. The number of nitrogens with one attached hydrogen (secondary N) is 2. The van der Waals surface area contributed by atoms with Crippen LogP contribution in [-0.4, -0.2) is 30.6 Å². The molecule has 0 aliphatic carbocycles. The highest BCUT2D eigenvalue weighted by molar-refractivity contribution is 8.13. The minimum absolute atomic E-state index is 0.0506. The molecular formula is C10H16ClN3O3S. The first-order valence-corrected chi connectivity index (χ1v) is 7.88. The Kier molecular flexibility index (Phi) is 4.75. The molecule has 102 valence electrons. The fourth-order valence-electron chi connectivity index (χ4n) is 1.67. The van der Waals surface area contributed by atoms with Gasteiger partial charge in [0, 0.05) is 16.7 Å². The third-order valence-electron chi connectivity index (χ3n) is 2.45. The maximum absolute atomic E-state index is 11.9. The van der Waals surface area contributed by atoms with Crippen molar-refractivity contribution in [1.82, 2.24) is 15.5 Å². The number of carbonyl (C=O) groups excluding carboxylic acids is 1. The molecule has 0 aromatic carbocycles. The van der Waals surface area contributed by atoms with Gasteiger partial charge in [0.05, 0.1) is 5.69 Å². The van der Waals surface area contributed by atoms with Crippen molar-refractivity contribution in [3.8, 4) is 0 Å². The molecule has 2 N–H and O–H groups in total. The molecule has 0 fully saturated rings. The zero-order chi connectivity index (χ0) is 13.9. The van der Waals surface area contributed by atoms with Gasteiger partial charge in [0.15, 0.2) is 5.69 Å². The van der Waals surface area contributed by atoms with Gasteiger partial charge in [-0.15, -0.1) is 0 Å². The number of hydrogen-bond donors (Lipinski definition) is 2. The summed E-state index contributed by atoms with van der Waals surface area (Å²) in [7, 11) is 1.29. The normalized spacial score (nSPS) is 13.3. The standard InChI is InChI=1S/C10H16ClN3O3S/c1-4-5-6(2)12-10(15)8-9(18(11,16)17)7(3)13-14-8/h6H,4-5H2,1-3H3,(H,12,15)(H,13,14). The van der Waals surface area contributed by atoms with E-state index in [4.69, 9.17) is 10.7 Å². The largest absolute Gasteiger partial charge is 0.348 e. The summed E-state index contributed by atoms with van der Waals surface area (Å²) >= 11 is 0. The minimum atomic E-state index is -4.00. The van der Waals surface area contributed by atoms with Crippen molar-refractivity contribution < 1.29 is 13.2 Å². The maximum atomic E-state index is 11.9. The molecule has 1 aromatic heterocycles. The topological polar surface area (TPSA) is 91.9 Å². The van der Waals surface area contributed by atoms with Gasteiger partial charge in [-0.2, -0.15) is 5.10 Å². The van der Waals surface area contributed by atoms with Crippen LogP contribution >= 0.6 is 10.7 Å². The molecule has 1 aromatic rings. The first-order chi connectivity index (χ1) is 8.27. The molecule has 0 saturated carbocycles. The number of aryl methyl sites for hydroxylation is 1. The molecule has 0 spiro atoms. The molecule has 8 heteroatoms. The summed E-state index contributed by atoms with van der Waals surface area (Å²) in [6.07, 6.45) is 1.72. The van der Waals surface area contributed by atoms with Crippen LogP contribution < -0.4 is 5.32 Å². The highest BCUT2D eigenvalue weighted by atomic mass is 35.7. The zero-order valence-corrected chi connectivity index (χ0v) is 12.0. The monoisotopic (exact) mass is 293 g/mol. The summed E-state index contributed by atoms with van der Waals surface area (Å²) in [4.78, 5) is 11.6. The number of amides is 1. The first-order valence-electron chi connectivity index (χ1n) is 5.57. The van der Waals surface area contributed by atoms with Gasteiger partial charge in [-0.25, -0.2) is 8.42 Å². The Morgan fingerprint density at radius 2 is 2.17 bits per heavy atom. The Morgan fingerprint density at radius 1 is 1.56 bits per heavy atom. The number of hydrogen-bond acceptors (Lipinski definition) is 4. The highest BCUT2D eigenvalue weighted by Gasteiger charge is 2.27. The van der Waals surface area contributed by atoms with Crippen molar-refractivity contribution in [3.63, 3.8) is 0 Å². The lowest BCUT2D eigenvalue weighted by Crippen LogP contribution is -2.33. The third kappa shape index (κ3) is 3.46. The minimum Gasteiger partial charge on any atom is -0.348 e. The van der Waals surface area contributed by atoms with Crippen LogP contribution in [0.4, 0.5) is 0 Å². The molecule has 0 aliphatic heterocycles. The van der Waals surface area contributed by atoms with Gasteiger partial charge in [-0.05, 0) is 20.3 Å².